The molecule has 107 valence electrons. The molecule has 1 nitrogen and oxygen atoms in total. The molecule has 23 heavy (non-hydrogen) atoms. The van der Waals surface area contributed by atoms with Crippen molar-refractivity contribution in [1.82, 2.24) is 0 Å². The van der Waals surface area contributed by atoms with Crippen LogP contribution >= 0.6 is 0 Å². The molecule has 1 N–H and O–H groups in total. The van der Waals surface area contributed by atoms with E-state index in [0.29, 0.717) is 0 Å². The first-order valence-corrected chi connectivity index (χ1v) is 7.69. The van der Waals surface area contributed by atoms with Crippen LogP contribution in [0.25, 0.3) is 43.1 Å². The number of benzene rings is 5. The summed E-state index contributed by atoms with van der Waals surface area (Å²) in [6.45, 7) is 0. The van der Waals surface area contributed by atoms with E-state index in [1.807, 2.05) is 6.07 Å². The van der Waals surface area contributed by atoms with E-state index in [2.05, 4.69) is 66.7 Å². The standard InChI is InChI=1S/C22H13O/c23-16-8-5-15-7-10-20-19-9-6-14-3-1-2-4-17(14)18(19)11-12-21(20)22(15)13-16/h1-12,23H. The first kappa shape index (κ1) is 12.5. The van der Waals surface area contributed by atoms with Crippen LogP contribution in [0.5, 0.6) is 5.75 Å². The van der Waals surface area contributed by atoms with E-state index in [1.165, 1.54) is 26.9 Å². The zero-order chi connectivity index (χ0) is 15.4. The van der Waals surface area contributed by atoms with Gasteiger partial charge in [-0.3, -0.25) is 0 Å². The fraction of sp³-hybridized carbons (Fsp3) is 0. The number of phenolic OH excluding ortho intramolecular Hbond substituents is 1. The van der Waals surface area contributed by atoms with Crippen molar-refractivity contribution in [2.24, 2.45) is 0 Å². The van der Waals surface area contributed by atoms with Gasteiger partial charge in [0.2, 0.25) is 0 Å². The van der Waals surface area contributed by atoms with Gasteiger partial charge < -0.3 is 5.11 Å². The van der Waals surface area contributed by atoms with Crippen molar-refractivity contribution >= 4 is 43.1 Å². The van der Waals surface area contributed by atoms with Crippen LogP contribution in [0.2, 0.25) is 0 Å². The van der Waals surface area contributed by atoms with E-state index in [9.17, 15) is 5.11 Å². The minimum absolute atomic E-state index is 0.184. The third-order valence-electron chi connectivity index (χ3n) is 4.63. The van der Waals surface area contributed by atoms with Crippen LogP contribution in [-0.4, -0.2) is 5.11 Å². The maximum absolute atomic E-state index is 9.79. The van der Waals surface area contributed by atoms with E-state index < -0.39 is 0 Å². The van der Waals surface area contributed by atoms with Gasteiger partial charge >= 0.3 is 0 Å². The van der Waals surface area contributed by atoms with Gasteiger partial charge in [0.25, 0.3) is 0 Å². The molecule has 5 aromatic rings. The molecule has 1 radical (unpaired) electrons. The normalized spacial score (nSPS) is 11.7. The Balaban J connectivity index is 2.02. The summed E-state index contributed by atoms with van der Waals surface area (Å²) in [6, 6.07) is 28.1. The minimum atomic E-state index is 0.184. The molecule has 0 heterocycles. The Kier molecular flexibility index (Phi) is 2.42. The van der Waals surface area contributed by atoms with Gasteiger partial charge in [-0.25, -0.2) is 0 Å². The molecule has 5 aromatic carbocycles. The fourth-order valence-corrected chi connectivity index (χ4v) is 3.54. The van der Waals surface area contributed by atoms with Crippen LogP contribution in [-0.2, 0) is 0 Å². The van der Waals surface area contributed by atoms with Gasteiger partial charge in [0.15, 0.2) is 0 Å². The van der Waals surface area contributed by atoms with Crippen LogP contribution < -0.4 is 0 Å². The molecule has 0 atom stereocenters. The molecule has 0 fully saturated rings. The van der Waals surface area contributed by atoms with Gasteiger partial charge in [0.1, 0.15) is 5.75 Å². The predicted molar refractivity (Wildman–Crippen MR) is 97.0 cm³/mol. The zero-order valence-corrected chi connectivity index (χ0v) is 12.4. The van der Waals surface area contributed by atoms with Crippen molar-refractivity contribution in [1.29, 1.82) is 0 Å². The molecule has 0 amide bonds. The molecule has 0 aliphatic rings. The topological polar surface area (TPSA) is 20.2 Å². The Morgan fingerprint density at radius 3 is 2.04 bits per heavy atom. The lowest BCUT2D eigenvalue weighted by Gasteiger charge is -2.10. The summed E-state index contributed by atoms with van der Waals surface area (Å²) < 4.78 is 0. The Morgan fingerprint density at radius 2 is 1.13 bits per heavy atom. The van der Waals surface area contributed by atoms with Gasteiger partial charge in [0, 0.05) is 11.5 Å². The van der Waals surface area contributed by atoms with E-state index in [4.69, 9.17) is 0 Å². The van der Waals surface area contributed by atoms with Crippen molar-refractivity contribution in [3.8, 4) is 5.75 Å². The van der Waals surface area contributed by atoms with E-state index in [-0.39, 0.29) is 5.75 Å². The lowest BCUT2D eigenvalue weighted by Crippen LogP contribution is -1.83. The van der Waals surface area contributed by atoms with Gasteiger partial charge in [-0.15, -0.1) is 0 Å². The zero-order valence-electron chi connectivity index (χ0n) is 12.4. The third-order valence-corrected chi connectivity index (χ3v) is 4.63. The molecule has 0 aliphatic heterocycles. The van der Waals surface area contributed by atoms with E-state index >= 15 is 0 Å². The first-order chi connectivity index (χ1) is 11.3. The number of aromatic hydroxyl groups is 1. The van der Waals surface area contributed by atoms with Crippen LogP contribution in [0.4, 0.5) is 0 Å². The second-order valence-electron chi connectivity index (χ2n) is 5.92. The molecule has 5 rings (SSSR count). The Bertz CT molecular complexity index is 1220. The van der Waals surface area contributed by atoms with E-state index in [0.717, 1.165) is 16.2 Å². The number of hydrogen-bond donors (Lipinski definition) is 1. The third kappa shape index (κ3) is 1.74. The summed E-state index contributed by atoms with van der Waals surface area (Å²) in [4.78, 5) is 0. The van der Waals surface area contributed by atoms with Crippen LogP contribution in [0.3, 0.4) is 0 Å². The van der Waals surface area contributed by atoms with Crippen molar-refractivity contribution in [2.75, 3.05) is 0 Å². The Morgan fingerprint density at radius 1 is 0.522 bits per heavy atom. The maximum atomic E-state index is 9.79. The smallest absolute Gasteiger partial charge is 0.124 e. The molecular weight excluding hydrogens is 280 g/mol. The number of rotatable bonds is 0. The highest BCUT2D eigenvalue weighted by molar-refractivity contribution is 6.22. The van der Waals surface area contributed by atoms with Gasteiger partial charge in [-0.2, -0.15) is 0 Å². The summed E-state index contributed by atoms with van der Waals surface area (Å²) in [7, 11) is 0. The summed E-state index contributed by atoms with van der Waals surface area (Å²) in [6.07, 6.45) is 0. The first-order valence-electron chi connectivity index (χ1n) is 7.69. The molecule has 0 saturated heterocycles. The molecule has 0 unspecified atom stereocenters. The number of hydrogen-bond acceptors (Lipinski definition) is 1. The maximum Gasteiger partial charge on any atom is 0.124 e. The second-order valence-corrected chi connectivity index (χ2v) is 5.92. The Hall–Kier alpha value is -3.06. The van der Waals surface area contributed by atoms with Gasteiger partial charge in [-0.1, -0.05) is 66.7 Å². The quantitative estimate of drug-likeness (QED) is 0.357. The largest absolute Gasteiger partial charge is 0.507 e. The predicted octanol–water partition coefficient (Wildman–Crippen LogP) is 5.81. The molecule has 0 aromatic heterocycles. The van der Waals surface area contributed by atoms with Crippen LogP contribution in [0.1, 0.15) is 0 Å². The average Bonchev–Trinajstić information content (AvgIpc) is 2.60. The molecule has 0 aliphatic carbocycles. The van der Waals surface area contributed by atoms with E-state index in [1.54, 1.807) is 6.07 Å². The van der Waals surface area contributed by atoms with Crippen molar-refractivity contribution < 1.29 is 5.11 Å². The SMILES string of the molecule is Oc1[c]c2c(cc1)ccc1c2ccc2c3ccccc3ccc21. The highest BCUT2D eigenvalue weighted by Crippen LogP contribution is 2.35. The molecule has 0 saturated carbocycles. The monoisotopic (exact) mass is 293 g/mol. The number of phenols is 1. The molecule has 1 heteroatoms. The molecular formula is C22H13O. The highest BCUT2D eigenvalue weighted by atomic mass is 16.3. The molecule has 0 spiro atoms. The Labute approximate surface area is 133 Å². The second kappa shape index (κ2) is 4.47. The lowest BCUT2D eigenvalue weighted by atomic mass is 9.94. The highest BCUT2D eigenvalue weighted by Gasteiger charge is 2.07. The average molecular weight is 293 g/mol. The minimum Gasteiger partial charge on any atom is -0.507 e. The van der Waals surface area contributed by atoms with Gasteiger partial charge in [0.05, 0.1) is 0 Å². The summed E-state index contributed by atoms with van der Waals surface area (Å²) in [5, 5.41) is 19.2. The number of fused-ring (bicyclic) bond motifs is 7. The molecule has 0 bridgehead atoms. The van der Waals surface area contributed by atoms with Crippen LogP contribution in [0, 0.1) is 6.07 Å². The lowest BCUT2D eigenvalue weighted by molar-refractivity contribution is 0.475. The van der Waals surface area contributed by atoms with Crippen molar-refractivity contribution in [2.45, 2.75) is 0 Å². The fourth-order valence-electron chi connectivity index (χ4n) is 3.54. The summed E-state index contributed by atoms with van der Waals surface area (Å²) in [5.41, 5.74) is 0. The van der Waals surface area contributed by atoms with Crippen LogP contribution in [0.15, 0.2) is 72.8 Å². The summed E-state index contributed by atoms with van der Waals surface area (Å²) in [5.74, 6) is 0.184. The summed E-state index contributed by atoms with van der Waals surface area (Å²) >= 11 is 0. The van der Waals surface area contributed by atoms with Gasteiger partial charge in [-0.05, 0) is 43.8 Å². The van der Waals surface area contributed by atoms with Crippen molar-refractivity contribution in [3.63, 3.8) is 0 Å². The van der Waals surface area contributed by atoms with Crippen molar-refractivity contribution in [3.05, 3.63) is 78.9 Å².